The summed E-state index contributed by atoms with van der Waals surface area (Å²) in [7, 11) is 3.98. The van der Waals surface area contributed by atoms with Crippen LogP contribution in [0.25, 0.3) is 5.57 Å². The van der Waals surface area contributed by atoms with Crippen LogP contribution in [0.2, 0.25) is 0 Å². The first kappa shape index (κ1) is 19.7. The Bertz CT molecular complexity index is 698. The Morgan fingerprint density at radius 1 is 1.21 bits per heavy atom. The lowest BCUT2D eigenvalue weighted by Crippen LogP contribution is -2.12. The molecule has 1 aromatic carbocycles. The second-order valence-electron chi connectivity index (χ2n) is 6.36. The van der Waals surface area contributed by atoms with Gasteiger partial charge in [-0.05, 0) is 60.2 Å². The Balaban J connectivity index is 3.22. The zero-order valence-electron chi connectivity index (χ0n) is 15.2. The van der Waals surface area contributed by atoms with Crippen molar-refractivity contribution in [3.8, 4) is 0 Å². The summed E-state index contributed by atoms with van der Waals surface area (Å²) < 4.78 is 14.4. The van der Waals surface area contributed by atoms with Crippen LogP contribution in [0.15, 0.2) is 47.8 Å². The average molecular weight is 331 g/mol. The molecule has 4 heteroatoms. The van der Waals surface area contributed by atoms with E-state index >= 15 is 0 Å². The Labute approximate surface area is 143 Å². The second kappa shape index (κ2) is 8.48. The Morgan fingerprint density at radius 3 is 2.33 bits per heavy atom. The number of rotatable bonds is 6. The molecule has 0 bridgehead atoms. The van der Waals surface area contributed by atoms with Gasteiger partial charge in [-0.15, -0.1) is 0 Å². The first-order chi connectivity index (χ1) is 11.1. The molecule has 3 nitrogen and oxygen atoms in total. The quantitative estimate of drug-likeness (QED) is 0.578. The molecule has 0 aliphatic carbocycles. The van der Waals surface area contributed by atoms with Gasteiger partial charge in [0.1, 0.15) is 5.83 Å². The van der Waals surface area contributed by atoms with E-state index in [2.05, 4.69) is 18.7 Å². The summed E-state index contributed by atoms with van der Waals surface area (Å²) in [4.78, 5) is 12.6. The van der Waals surface area contributed by atoms with Gasteiger partial charge in [-0.1, -0.05) is 26.0 Å². The van der Waals surface area contributed by atoms with Gasteiger partial charge in [0.25, 0.3) is 0 Å². The Morgan fingerprint density at radius 2 is 1.83 bits per heavy atom. The Kier molecular flexibility index (Phi) is 6.96. The van der Waals surface area contributed by atoms with Gasteiger partial charge >= 0.3 is 5.97 Å². The van der Waals surface area contributed by atoms with Crippen LogP contribution in [0.4, 0.5) is 10.1 Å². The molecule has 1 aromatic rings. The van der Waals surface area contributed by atoms with Crippen molar-refractivity contribution in [1.82, 2.24) is 0 Å². The van der Waals surface area contributed by atoms with Crippen molar-refractivity contribution in [2.24, 2.45) is 0 Å². The van der Waals surface area contributed by atoms with E-state index < -0.39 is 5.97 Å². The summed E-state index contributed by atoms with van der Waals surface area (Å²) in [6.07, 6.45) is 3.81. The maximum atomic E-state index is 14.4. The number of carbonyl (C=O) groups is 1. The van der Waals surface area contributed by atoms with Gasteiger partial charge in [0.2, 0.25) is 0 Å². The number of anilines is 1. The van der Waals surface area contributed by atoms with Crippen molar-refractivity contribution in [3.63, 3.8) is 0 Å². The van der Waals surface area contributed by atoms with E-state index in [-0.39, 0.29) is 5.83 Å². The van der Waals surface area contributed by atoms with E-state index in [1.54, 1.807) is 13.8 Å². The molecule has 0 aliphatic heterocycles. The molecule has 0 amide bonds. The summed E-state index contributed by atoms with van der Waals surface area (Å²) >= 11 is 0. The summed E-state index contributed by atoms with van der Waals surface area (Å²) in [5, 5.41) is 8.67. The minimum absolute atomic E-state index is 0.328. The summed E-state index contributed by atoms with van der Waals surface area (Å²) in [6.45, 7) is 7.57. The largest absolute Gasteiger partial charge is 0.478 e. The highest BCUT2D eigenvalue weighted by Crippen LogP contribution is 2.31. The van der Waals surface area contributed by atoms with Crippen LogP contribution in [0.5, 0.6) is 0 Å². The van der Waals surface area contributed by atoms with Crippen molar-refractivity contribution >= 4 is 17.2 Å². The minimum atomic E-state index is -1.04. The zero-order valence-corrected chi connectivity index (χ0v) is 15.2. The van der Waals surface area contributed by atoms with Gasteiger partial charge in [-0.25, -0.2) is 9.18 Å². The molecule has 0 unspecified atom stereocenters. The third kappa shape index (κ3) is 5.37. The van der Waals surface area contributed by atoms with Crippen LogP contribution in [-0.4, -0.2) is 25.2 Å². The molecule has 0 fully saturated rings. The fraction of sp³-hybridized carbons (Fsp3) is 0.350. The van der Waals surface area contributed by atoms with Gasteiger partial charge in [0, 0.05) is 25.9 Å². The number of hydrogen-bond donors (Lipinski definition) is 1. The van der Waals surface area contributed by atoms with Gasteiger partial charge < -0.3 is 10.0 Å². The fourth-order valence-electron chi connectivity index (χ4n) is 2.37. The second-order valence-corrected chi connectivity index (χ2v) is 6.36. The predicted octanol–water partition coefficient (Wildman–Crippen LogP) is 5.16. The maximum Gasteiger partial charge on any atom is 0.328 e. The molecule has 0 aromatic heterocycles. The van der Waals surface area contributed by atoms with Gasteiger partial charge in [-0.2, -0.15) is 0 Å². The highest BCUT2D eigenvalue weighted by molar-refractivity contribution is 5.81. The minimum Gasteiger partial charge on any atom is -0.478 e. The molecule has 24 heavy (non-hydrogen) atoms. The molecule has 0 heterocycles. The van der Waals surface area contributed by atoms with Crippen LogP contribution in [0, 0.1) is 0 Å². The lowest BCUT2D eigenvalue weighted by atomic mass is 9.95. The van der Waals surface area contributed by atoms with Crippen molar-refractivity contribution in [1.29, 1.82) is 0 Å². The summed E-state index contributed by atoms with van der Waals surface area (Å²) in [5.74, 6) is -1.09. The highest BCUT2D eigenvalue weighted by atomic mass is 19.1. The first-order valence-electron chi connectivity index (χ1n) is 7.90. The van der Waals surface area contributed by atoms with Gasteiger partial charge in [0.05, 0.1) is 0 Å². The molecule has 0 radical (unpaired) electrons. The van der Waals surface area contributed by atoms with Crippen LogP contribution < -0.4 is 4.90 Å². The molecule has 1 N–H and O–H groups in total. The van der Waals surface area contributed by atoms with Crippen LogP contribution in [0.1, 0.15) is 44.7 Å². The smallest absolute Gasteiger partial charge is 0.328 e. The molecule has 0 aliphatic rings. The van der Waals surface area contributed by atoms with Crippen molar-refractivity contribution in [2.45, 2.75) is 33.6 Å². The third-order valence-electron chi connectivity index (χ3n) is 3.77. The first-order valence-corrected chi connectivity index (χ1v) is 7.90. The molecule has 0 saturated heterocycles. The molecule has 0 spiro atoms. The lowest BCUT2D eigenvalue weighted by molar-refractivity contribution is -0.131. The molecule has 0 atom stereocenters. The van der Waals surface area contributed by atoms with E-state index in [1.165, 1.54) is 12.2 Å². The zero-order chi connectivity index (χ0) is 18.4. The number of halogens is 1. The number of carboxylic acids is 1. The van der Waals surface area contributed by atoms with E-state index in [9.17, 15) is 9.18 Å². The van der Waals surface area contributed by atoms with E-state index in [0.29, 0.717) is 17.1 Å². The molecular formula is C20H26FNO2. The molecule has 130 valence electrons. The normalized spacial score (nSPS) is 13.4. The standard InChI is InChI=1S/C20H26FNO2/c1-13(2)17-12-16(8-10-19(17)22(5)6)15(4)18(21)9-7-14(3)11-20(23)24/h7-13H,1-6H3,(H,23,24)/b9-7+,14-11+,18-15+. The van der Waals surface area contributed by atoms with Crippen molar-refractivity contribution < 1.29 is 14.3 Å². The number of allylic oxidation sites excluding steroid dienone is 5. The van der Waals surface area contributed by atoms with Crippen molar-refractivity contribution in [2.75, 3.05) is 19.0 Å². The van der Waals surface area contributed by atoms with Gasteiger partial charge in [0.15, 0.2) is 0 Å². The highest BCUT2D eigenvalue weighted by Gasteiger charge is 2.11. The molecule has 0 saturated carbocycles. The number of carboxylic acid groups (broad SMARTS) is 1. The van der Waals surface area contributed by atoms with E-state index in [0.717, 1.165) is 22.9 Å². The molecular weight excluding hydrogens is 305 g/mol. The van der Waals surface area contributed by atoms with Crippen molar-refractivity contribution in [3.05, 3.63) is 59.0 Å². The SMILES string of the molecule is CC(/C=C/C(F)=C(/C)c1ccc(N(C)C)c(C(C)C)c1)=C\C(=O)O. The molecule has 1 rings (SSSR count). The Hall–Kier alpha value is -2.36. The van der Waals surface area contributed by atoms with E-state index in [1.807, 2.05) is 32.3 Å². The summed E-state index contributed by atoms with van der Waals surface area (Å²) in [5.41, 5.74) is 4.12. The number of aliphatic carboxylic acids is 1. The topological polar surface area (TPSA) is 40.5 Å². The van der Waals surface area contributed by atoms with E-state index in [4.69, 9.17) is 5.11 Å². The average Bonchev–Trinajstić information content (AvgIpc) is 2.50. The van der Waals surface area contributed by atoms with Crippen LogP contribution >= 0.6 is 0 Å². The predicted molar refractivity (Wildman–Crippen MR) is 99.1 cm³/mol. The lowest BCUT2D eigenvalue weighted by Gasteiger charge is -2.21. The number of hydrogen-bond acceptors (Lipinski definition) is 2. The number of benzene rings is 1. The number of nitrogens with zero attached hydrogens (tertiary/aromatic N) is 1. The third-order valence-corrected chi connectivity index (χ3v) is 3.77. The van der Waals surface area contributed by atoms with Gasteiger partial charge in [-0.3, -0.25) is 0 Å². The fourth-order valence-corrected chi connectivity index (χ4v) is 2.37. The summed E-state index contributed by atoms with van der Waals surface area (Å²) in [6, 6.07) is 5.92. The maximum absolute atomic E-state index is 14.4. The monoisotopic (exact) mass is 331 g/mol. The van der Waals surface area contributed by atoms with Crippen LogP contribution in [-0.2, 0) is 4.79 Å². The van der Waals surface area contributed by atoms with Crippen LogP contribution in [0.3, 0.4) is 0 Å².